The van der Waals surface area contributed by atoms with Crippen LogP contribution < -0.4 is 10.1 Å². The first kappa shape index (κ1) is 21.3. The van der Waals surface area contributed by atoms with Gasteiger partial charge in [0.2, 0.25) is 0 Å². The maximum atomic E-state index is 14.4. The van der Waals surface area contributed by atoms with E-state index in [2.05, 4.69) is 5.32 Å². The van der Waals surface area contributed by atoms with Gasteiger partial charge in [-0.3, -0.25) is 0 Å². The van der Waals surface area contributed by atoms with Gasteiger partial charge in [0, 0.05) is 11.6 Å². The fourth-order valence-electron chi connectivity index (χ4n) is 3.87. The van der Waals surface area contributed by atoms with Crippen molar-refractivity contribution in [3.05, 3.63) is 57.9 Å². The number of nitrogens with one attached hydrogen (secondary N) is 1. The summed E-state index contributed by atoms with van der Waals surface area (Å²) < 4.78 is 25.4. The highest BCUT2D eigenvalue weighted by Gasteiger charge is 2.44. The second-order valence-corrected chi connectivity index (χ2v) is 7.91. The number of fused-ring (bicyclic) bond motifs is 1. The van der Waals surface area contributed by atoms with Crippen LogP contribution in [-0.2, 0) is 11.2 Å². The molecular formula is C21H23ClFNO6. The van der Waals surface area contributed by atoms with E-state index in [0.717, 1.165) is 0 Å². The van der Waals surface area contributed by atoms with E-state index in [1.54, 1.807) is 24.3 Å². The third kappa shape index (κ3) is 3.99. The van der Waals surface area contributed by atoms with E-state index in [0.29, 0.717) is 47.0 Å². The van der Waals surface area contributed by atoms with Gasteiger partial charge in [0.05, 0.1) is 12.3 Å². The maximum absolute atomic E-state index is 14.4. The number of rotatable bonds is 4. The molecule has 0 aliphatic carbocycles. The zero-order valence-electron chi connectivity index (χ0n) is 16.0. The smallest absolute Gasteiger partial charge is 0.178 e. The standard InChI is InChI=1S/C21H23ClFNO6/c22-13-2-1-11(20-19(28)18(27)17(26)16(9-25)30-20)8-12(13)5-10-6-14(23)21-15(7-10)24-3-4-29-21/h1-2,6-8,16-20,24-28H,3-5,9H2/t16-,17-,18+,19-,20+/m1/s1. The SMILES string of the molecule is OC[C@H]1O[C@@H](c2ccc(Cl)c(Cc3cc(F)c4c(c3)NCCO4)c2)[C@H](O)[C@@H](O)[C@@H]1O. The number of hydrogen-bond donors (Lipinski definition) is 5. The molecule has 30 heavy (non-hydrogen) atoms. The number of anilines is 1. The molecule has 2 aliphatic rings. The number of aliphatic hydroxyl groups excluding tert-OH is 4. The molecule has 2 aromatic carbocycles. The molecule has 0 unspecified atom stereocenters. The fraction of sp³-hybridized carbons (Fsp3) is 0.429. The predicted molar refractivity (Wildman–Crippen MR) is 107 cm³/mol. The summed E-state index contributed by atoms with van der Waals surface area (Å²) in [6.07, 6.45) is -5.95. The van der Waals surface area contributed by atoms with Crippen molar-refractivity contribution >= 4 is 17.3 Å². The van der Waals surface area contributed by atoms with Crippen molar-refractivity contribution in [2.75, 3.05) is 25.1 Å². The van der Waals surface area contributed by atoms with Crippen LogP contribution >= 0.6 is 11.6 Å². The summed E-state index contributed by atoms with van der Waals surface area (Å²) >= 11 is 6.35. The van der Waals surface area contributed by atoms with Crippen molar-refractivity contribution in [2.24, 2.45) is 0 Å². The Morgan fingerprint density at radius 3 is 2.67 bits per heavy atom. The first-order chi connectivity index (χ1) is 14.4. The average Bonchev–Trinajstić information content (AvgIpc) is 2.74. The van der Waals surface area contributed by atoms with Crippen LogP contribution in [0.4, 0.5) is 10.1 Å². The maximum Gasteiger partial charge on any atom is 0.178 e. The van der Waals surface area contributed by atoms with Crippen molar-refractivity contribution in [3.8, 4) is 5.75 Å². The molecule has 7 nitrogen and oxygen atoms in total. The molecule has 2 aromatic rings. The van der Waals surface area contributed by atoms with E-state index in [-0.39, 0.29) is 5.75 Å². The van der Waals surface area contributed by atoms with Crippen LogP contribution in [0.15, 0.2) is 30.3 Å². The Balaban J connectivity index is 1.62. The van der Waals surface area contributed by atoms with Crippen molar-refractivity contribution in [3.63, 3.8) is 0 Å². The highest BCUT2D eigenvalue weighted by molar-refractivity contribution is 6.31. The minimum absolute atomic E-state index is 0.200. The molecule has 1 fully saturated rings. The quantitative estimate of drug-likeness (QED) is 0.489. The summed E-state index contributed by atoms with van der Waals surface area (Å²) in [6, 6.07) is 8.17. The van der Waals surface area contributed by atoms with E-state index < -0.39 is 42.9 Å². The van der Waals surface area contributed by atoms with E-state index in [1.807, 2.05) is 0 Å². The lowest BCUT2D eigenvalue weighted by molar-refractivity contribution is -0.231. The molecular weight excluding hydrogens is 417 g/mol. The molecule has 0 radical (unpaired) electrons. The lowest BCUT2D eigenvalue weighted by Crippen LogP contribution is -2.55. The zero-order valence-corrected chi connectivity index (χ0v) is 16.7. The first-order valence-electron chi connectivity index (χ1n) is 9.67. The van der Waals surface area contributed by atoms with Crippen LogP contribution in [0.3, 0.4) is 0 Å². The van der Waals surface area contributed by atoms with E-state index in [9.17, 15) is 24.8 Å². The summed E-state index contributed by atoms with van der Waals surface area (Å²) in [6.45, 7) is 0.477. The number of benzene rings is 2. The monoisotopic (exact) mass is 439 g/mol. The van der Waals surface area contributed by atoms with Crippen LogP contribution in [0.2, 0.25) is 5.02 Å². The zero-order chi connectivity index (χ0) is 21.4. The Morgan fingerprint density at radius 1 is 1.10 bits per heavy atom. The molecule has 1 saturated heterocycles. The molecule has 162 valence electrons. The second-order valence-electron chi connectivity index (χ2n) is 7.51. The third-order valence-corrected chi connectivity index (χ3v) is 5.82. The highest BCUT2D eigenvalue weighted by atomic mass is 35.5. The fourth-order valence-corrected chi connectivity index (χ4v) is 4.06. The lowest BCUT2D eigenvalue weighted by atomic mass is 9.90. The van der Waals surface area contributed by atoms with E-state index in [4.69, 9.17) is 21.1 Å². The first-order valence-corrected chi connectivity index (χ1v) is 10.0. The summed E-state index contributed by atoms with van der Waals surface area (Å²) in [5.74, 6) is -0.262. The Labute approximate surface area is 177 Å². The van der Waals surface area contributed by atoms with E-state index in [1.165, 1.54) is 6.07 Å². The second kappa shape index (κ2) is 8.66. The Bertz CT molecular complexity index is 927. The van der Waals surface area contributed by atoms with Crippen molar-refractivity contribution in [2.45, 2.75) is 36.9 Å². The van der Waals surface area contributed by atoms with Gasteiger partial charge in [-0.2, -0.15) is 0 Å². The molecule has 0 amide bonds. The van der Waals surface area contributed by atoms with Gasteiger partial charge in [-0.1, -0.05) is 23.7 Å². The molecule has 5 atom stereocenters. The summed E-state index contributed by atoms with van der Waals surface area (Å²) in [4.78, 5) is 0. The molecule has 2 aliphatic heterocycles. The topological polar surface area (TPSA) is 111 Å². The van der Waals surface area contributed by atoms with Gasteiger partial charge in [-0.05, 0) is 41.3 Å². The van der Waals surface area contributed by atoms with Crippen LogP contribution in [0.1, 0.15) is 22.8 Å². The number of halogens is 2. The number of hydrogen-bond acceptors (Lipinski definition) is 7. The molecule has 5 N–H and O–H groups in total. The number of ether oxygens (including phenoxy) is 2. The van der Waals surface area contributed by atoms with Gasteiger partial charge in [0.15, 0.2) is 11.6 Å². The van der Waals surface area contributed by atoms with Gasteiger partial charge in [0.25, 0.3) is 0 Å². The molecule has 9 heteroatoms. The minimum Gasteiger partial charge on any atom is -0.486 e. The molecule has 4 rings (SSSR count). The summed E-state index contributed by atoms with van der Waals surface area (Å²) in [5, 5.41) is 43.4. The van der Waals surface area contributed by atoms with Crippen molar-refractivity contribution < 1.29 is 34.3 Å². The average molecular weight is 440 g/mol. The molecule has 2 heterocycles. The predicted octanol–water partition coefficient (Wildman–Crippen LogP) is 1.39. The molecule has 0 spiro atoms. The Morgan fingerprint density at radius 2 is 1.90 bits per heavy atom. The van der Waals surface area contributed by atoms with Gasteiger partial charge in [0.1, 0.15) is 37.1 Å². The van der Waals surface area contributed by atoms with Crippen LogP contribution in [-0.4, -0.2) is 64.6 Å². The molecule has 0 aromatic heterocycles. The summed E-state index contributed by atoms with van der Waals surface area (Å²) in [5.41, 5.74) is 2.45. The van der Waals surface area contributed by atoms with Gasteiger partial charge < -0.3 is 35.2 Å². The Kier molecular flexibility index (Phi) is 6.15. The van der Waals surface area contributed by atoms with Crippen LogP contribution in [0, 0.1) is 5.82 Å². The highest BCUT2D eigenvalue weighted by Crippen LogP contribution is 2.36. The van der Waals surface area contributed by atoms with Gasteiger partial charge in [-0.25, -0.2) is 4.39 Å². The van der Waals surface area contributed by atoms with Crippen molar-refractivity contribution in [1.29, 1.82) is 0 Å². The lowest BCUT2D eigenvalue weighted by Gasteiger charge is -2.40. The van der Waals surface area contributed by atoms with Crippen molar-refractivity contribution in [1.82, 2.24) is 0 Å². The normalized spacial score (nSPS) is 28.4. The largest absolute Gasteiger partial charge is 0.486 e. The van der Waals surface area contributed by atoms with E-state index >= 15 is 0 Å². The minimum atomic E-state index is -1.47. The van der Waals surface area contributed by atoms with Crippen LogP contribution in [0.25, 0.3) is 0 Å². The molecule has 0 bridgehead atoms. The van der Waals surface area contributed by atoms with Gasteiger partial charge in [-0.15, -0.1) is 0 Å². The van der Waals surface area contributed by atoms with Crippen LogP contribution in [0.5, 0.6) is 5.75 Å². The Hall–Kier alpha value is -1.94. The number of aliphatic hydroxyl groups is 4. The summed E-state index contributed by atoms with van der Waals surface area (Å²) in [7, 11) is 0. The third-order valence-electron chi connectivity index (χ3n) is 5.45. The molecule has 0 saturated carbocycles. The van der Waals surface area contributed by atoms with Gasteiger partial charge >= 0.3 is 0 Å².